The topological polar surface area (TPSA) is 9.23 Å². The Morgan fingerprint density at radius 3 is 2.50 bits per heavy atom. The van der Waals surface area contributed by atoms with Gasteiger partial charge in [-0.25, -0.2) is 0 Å². The van der Waals surface area contributed by atoms with E-state index >= 15 is 0 Å². The highest BCUT2D eigenvalue weighted by molar-refractivity contribution is 6.17. The molecule has 0 N–H and O–H groups in total. The van der Waals surface area contributed by atoms with Gasteiger partial charge in [-0.2, -0.15) is 0 Å². The predicted octanol–water partition coefficient (Wildman–Crippen LogP) is 3.38. The maximum atomic E-state index is 5.54. The summed E-state index contributed by atoms with van der Waals surface area (Å²) >= 11 is 5.54. The quantitative estimate of drug-likeness (QED) is 0.308. The molecule has 0 spiro atoms. The minimum atomic E-state index is 0.789. The van der Waals surface area contributed by atoms with Crippen molar-refractivity contribution in [3.05, 3.63) is 12.7 Å². The van der Waals surface area contributed by atoms with Gasteiger partial charge < -0.3 is 4.74 Å². The van der Waals surface area contributed by atoms with Crippen LogP contribution in [-0.4, -0.2) is 19.1 Å². The van der Waals surface area contributed by atoms with Crippen LogP contribution in [0, 0.1) is 0 Å². The predicted molar refractivity (Wildman–Crippen MR) is 54.8 cm³/mol. The number of unbranched alkanes of at least 4 members (excludes halogenated alkanes) is 3. The largest absolute Gasteiger partial charge is 0.381 e. The Bertz CT molecular complexity index is 93.8. The summed E-state index contributed by atoms with van der Waals surface area (Å²) in [6.45, 7) is 5.33. The van der Waals surface area contributed by atoms with Gasteiger partial charge in [0, 0.05) is 19.1 Å². The molecule has 0 unspecified atom stereocenters. The zero-order chi connectivity index (χ0) is 9.07. The Labute approximate surface area is 80.8 Å². The lowest BCUT2D eigenvalue weighted by molar-refractivity contribution is 0.134. The van der Waals surface area contributed by atoms with Gasteiger partial charge in [-0.05, 0) is 19.3 Å². The van der Waals surface area contributed by atoms with Crippen LogP contribution < -0.4 is 0 Å². The van der Waals surface area contributed by atoms with Gasteiger partial charge in [-0.3, -0.25) is 0 Å². The van der Waals surface area contributed by atoms with Crippen molar-refractivity contribution < 1.29 is 4.74 Å². The molecule has 1 nitrogen and oxygen atoms in total. The SMILES string of the molecule is C=CCCOCCCCCCCl. The molecule has 0 saturated heterocycles. The summed E-state index contributed by atoms with van der Waals surface area (Å²) in [6, 6.07) is 0. The minimum Gasteiger partial charge on any atom is -0.381 e. The third-order valence-electron chi connectivity index (χ3n) is 1.64. The Hall–Kier alpha value is -0.0100. The first-order valence-corrected chi connectivity index (χ1v) is 5.20. The molecule has 0 aliphatic carbocycles. The summed E-state index contributed by atoms with van der Waals surface area (Å²) < 4.78 is 5.35. The zero-order valence-electron chi connectivity index (χ0n) is 7.73. The number of halogens is 1. The van der Waals surface area contributed by atoms with E-state index in [0.717, 1.165) is 38.4 Å². The van der Waals surface area contributed by atoms with Gasteiger partial charge in [-0.1, -0.05) is 18.9 Å². The number of rotatable bonds is 9. The molecule has 0 aliphatic heterocycles. The van der Waals surface area contributed by atoms with Gasteiger partial charge in [0.25, 0.3) is 0 Å². The summed E-state index contributed by atoms with van der Waals surface area (Å²) in [5.74, 6) is 0.789. The van der Waals surface area contributed by atoms with Crippen LogP contribution in [-0.2, 0) is 4.74 Å². The van der Waals surface area contributed by atoms with E-state index in [-0.39, 0.29) is 0 Å². The first-order valence-electron chi connectivity index (χ1n) is 4.66. The van der Waals surface area contributed by atoms with Crippen molar-refractivity contribution in [1.82, 2.24) is 0 Å². The Balaban J connectivity index is 2.77. The fraction of sp³-hybridized carbons (Fsp3) is 0.800. The number of hydrogen-bond donors (Lipinski definition) is 0. The smallest absolute Gasteiger partial charge is 0.0500 e. The summed E-state index contributed by atoms with van der Waals surface area (Å²) in [6.07, 6.45) is 7.60. The van der Waals surface area contributed by atoms with Crippen LogP contribution in [0.1, 0.15) is 32.1 Å². The average Bonchev–Trinajstić information content (AvgIpc) is 2.10. The van der Waals surface area contributed by atoms with Crippen molar-refractivity contribution in [3.8, 4) is 0 Å². The molecule has 0 aromatic carbocycles. The molecule has 0 aromatic rings. The van der Waals surface area contributed by atoms with Crippen LogP contribution in [0.15, 0.2) is 12.7 Å². The molecule has 12 heavy (non-hydrogen) atoms. The second-order valence-electron chi connectivity index (χ2n) is 2.79. The van der Waals surface area contributed by atoms with E-state index in [9.17, 15) is 0 Å². The number of ether oxygens (including phenoxy) is 1. The number of hydrogen-bond acceptors (Lipinski definition) is 1. The van der Waals surface area contributed by atoms with Crippen molar-refractivity contribution in [2.24, 2.45) is 0 Å². The van der Waals surface area contributed by atoms with Crippen LogP contribution in [0.4, 0.5) is 0 Å². The highest BCUT2D eigenvalue weighted by Gasteiger charge is 1.89. The molecule has 0 heterocycles. The van der Waals surface area contributed by atoms with E-state index in [0.29, 0.717) is 0 Å². The van der Waals surface area contributed by atoms with Crippen LogP contribution in [0.3, 0.4) is 0 Å². The van der Waals surface area contributed by atoms with E-state index < -0.39 is 0 Å². The molecule has 0 bridgehead atoms. The third-order valence-corrected chi connectivity index (χ3v) is 1.91. The van der Waals surface area contributed by atoms with Crippen molar-refractivity contribution in [1.29, 1.82) is 0 Å². The molecular weight excluding hydrogens is 172 g/mol. The standard InChI is InChI=1S/C10H19ClO/c1-2-3-9-12-10-7-5-4-6-8-11/h2H,1,3-10H2. The van der Waals surface area contributed by atoms with E-state index in [4.69, 9.17) is 16.3 Å². The summed E-state index contributed by atoms with van der Waals surface area (Å²) in [4.78, 5) is 0. The van der Waals surface area contributed by atoms with Crippen molar-refractivity contribution in [2.75, 3.05) is 19.1 Å². The van der Waals surface area contributed by atoms with Crippen LogP contribution >= 0.6 is 11.6 Å². The summed E-state index contributed by atoms with van der Waals surface area (Å²) in [5.41, 5.74) is 0. The molecule has 0 amide bonds. The summed E-state index contributed by atoms with van der Waals surface area (Å²) in [7, 11) is 0. The van der Waals surface area contributed by atoms with Crippen molar-refractivity contribution in [2.45, 2.75) is 32.1 Å². The highest BCUT2D eigenvalue weighted by atomic mass is 35.5. The molecule has 0 rings (SSSR count). The molecule has 0 radical (unpaired) electrons. The fourth-order valence-electron chi connectivity index (χ4n) is 0.921. The zero-order valence-corrected chi connectivity index (χ0v) is 8.48. The van der Waals surface area contributed by atoms with E-state index in [1.807, 2.05) is 6.08 Å². The second-order valence-corrected chi connectivity index (χ2v) is 3.17. The van der Waals surface area contributed by atoms with Crippen LogP contribution in [0.25, 0.3) is 0 Å². The Kier molecular flexibility index (Phi) is 11.0. The van der Waals surface area contributed by atoms with E-state index in [1.165, 1.54) is 12.8 Å². The lowest BCUT2D eigenvalue weighted by Crippen LogP contribution is -1.95. The molecule has 0 atom stereocenters. The second kappa shape index (κ2) is 11.0. The van der Waals surface area contributed by atoms with Gasteiger partial charge in [0.15, 0.2) is 0 Å². The molecule has 0 aliphatic rings. The average molecular weight is 191 g/mol. The first-order chi connectivity index (χ1) is 5.91. The third kappa shape index (κ3) is 9.99. The highest BCUT2D eigenvalue weighted by Crippen LogP contribution is 2.01. The number of alkyl halides is 1. The Morgan fingerprint density at radius 2 is 1.83 bits per heavy atom. The van der Waals surface area contributed by atoms with Gasteiger partial charge in [0.05, 0.1) is 0 Å². The van der Waals surface area contributed by atoms with Gasteiger partial charge in [0.1, 0.15) is 0 Å². The first kappa shape index (κ1) is 12.0. The lowest BCUT2D eigenvalue weighted by atomic mass is 10.2. The maximum absolute atomic E-state index is 5.54. The van der Waals surface area contributed by atoms with Gasteiger partial charge >= 0.3 is 0 Å². The molecule has 0 saturated carbocycles. The van der Waals surface area contributed by atoms with Gasteiger partial charge in [-0.15, -0.1) is 18.2 Å². The summed E-state index contributed by atoms with van der Waals surface area (Å²) in [5, 5.41) is 0. The maximum Gasteiger partial charge on any atom is 0.0500 e. The monoisotopic (exact) mass is 190 g/mol. The van der Waals surface area contributed by atoms with Crippen molar-refractivity contribution in [3.63, 3.8) is 0 Å². The van der Waals surface area contributed by atoms with Crippen molar-refractivity contribution >= 4 is 11.6 Å². The fourth-order valence-corrected chi connectivity index (χ4v) is 1.11. The van der Waals surface area contributed by atoms with E-state index in [2.05, 4.69) is 6.58 Å². The van der Waals surface area contributed by atoms with Crippen LogP contribution in [0.2, 0.25) is 0 Å². The normalized spacial score (nSPS) is 10.1. The minimum absolute atomic E-state index is 0.789. The van der Waals surface area contributed by atoms with E-state index in [1.54, 1.807) is 0 Å². The molecule has 72 valence electrons. The molecule has 2 heteroatoms. The lowest BCUT2D eigenvalue weighted by Gasteiger charge is -2.01. The molecular formula is C10H19ClO. The van der Waals surface area contributed by atoms with Gasteiger partial charge in [0.2, 0.25) is 0 Å². The molecule has 0 aromatic heterocycles. The van der Waals surface area contributed by atoms with Crippen LogP contribution in [0.5, 0.6) is 0 Å². The molecule has 0 fully saturated rings. The Morgan fingerprint density at radius 1 is 1.08 bits per heavy atom.